The van der Waals surface area contributed by atoms with Gasteiger partial charge in [-0.2, -0.15) is 0 Å². The predicted molar refractivity (Wildman–Crippen MR) is 236 cm³/mol. The normalized spacial score (nSPS) is 21.1. The molecule has 6 nitrogen and oxygen atoms in total. The number of rotatable bonds is 21. The standard InChI is InChI=1S/C44H79ClO6Si3/c1-42(2,3)52(10,11)49-35(28-27-34-23-19-18-20-24-34)29-30-37-36(25-21-16-17-22-26-41(47)48-32-31-40(45)46)38(50-53(12,13)43(4,5)6)33-39(37)51-54(14,15)44(7,8)9/h16,18-21,23-24,35-39H,17,22,25-33H2,1-15H3/b21-16-/t35-,36-,37-,38+,39-/m1/s1. The van der Waals surface area contributed by atoms with E-state index in [-0.39, 0.29) is 52.4 Å². The molecule has 310 valence electrons. The molecule has 0 saturated heterocycles. The number of aryl methyl sites for hydroxylation is 1. The molecule has 2 rings (SSSR count). The highest BCUT2D eigenvalue weighted by Gasteiger charge is 2.51. The van der Waals surface area contributed by atoms with Crippen molar-refractivity contribution in [1.82, 2.24) is 0 Å². The van der Waals surface area contributed by atoms with Gasteiger partial charge in [0.2, 0.25) is 5.24 Å². The predicted octanol–water partition coefficient (Wildman–Crippen LogP) is 13.0. The first-order valence-corrected chi connectivity index (χ1v) is 29.8. The van der Waals surface area contributed by atoms with E-state index in [0.29, 0.717) is 24.7 Å². The number of ether oxygens (including phenoxy) is 1. The number of hydrogen-bond donors (Lipinski definition) is 0. The first-order chi connectivity index (χ1) is 24.7. The molecule has 0 aromatic heterocycles. The van der Waals surface area contributed by atoms with Gasteiger partial charge in [0.25, 0.3) is 0 Å². The second-order valence-electron chi connectivity index (χ2n) is 20.4. The van der Waals surface area contributed by atoms with Crippen LogP contribution in [0.25, 0.3) is 0 Å². The molecule has 54 heavy (non-hydrogen) atoms. The highest BCUT2D eigenvalue weighted by molar-refractivity contribution is 6.75. The summed E-state index contributed by atoms with van der Waals surface area (Å²) in [5.41, 5.74) is 1.37. The fraction of sp³-hybridized carbons (Fsp3) is 0.773. The molecule has 0 heterocycles. The Morgan fingerprint density at radius 2 is 1.30 bits per heavy atom. The maximum atomic E-state index is 12.2. The molecule has 0 amide bonds. The van der Waals surface area contributed by atoms with Crippen LogP contribution in [0.15, 0.2) is 42.5 Å². The zero-order chi connectivity index (χ0) is 41.2. The summed E-state index contributed by atoms with van der Waals surface area (Å²) < 4.78 is 27.2. The number of esters is 1. The highest BCUT2D eigenvalue weighted by Crippen LogP contribution is 2.49. The molecule has 1 aliphatic rings. The van der Waals surface area contributed by atoms with E-state index in [1.807, 2.05) is 0 Å². The lowest BCUT2D eigenvalue weighted by Gasteiger charge is -2.41. The van der Waals surface area contributed by atoms with Crippen LogP contribution in [-0.2, 0) is 34.0 Å². The molecular formula is C44H79ClO6Si3. The Kier molecular flexibility index (Phi) is 18.7. The van der Waals surface area contributed by atoms with Crippen molar-refractivity contribution in [3.63, 3.8) is 0 Å². The smallest absolute Gasteiger partial charge is 0.305 e. The van der Waals surface area contributed by atoms with E-state index in [0.717, 1.165) is 44.9 Å². The Bertz CT molecular complexity index is 1330. The molecule has 1 saturated carbocycles. The van der Waals surface area contributed by atoms with Gasteiger partial charge in [-0.15, -0.1) is 0 Å². The number of benzene rings is 1. The third-order valence-electron chi connectivity index (χ3n) is 13.0. The van der Waals surface area contributed by atoms with Gasteiger partial charge in [-0.1, -0.05) is 105 Å². The first-order valence-electron chi connectivity index (χ1n) is 20.7. The lowest BCUT2D eigenvalue weighted by atomic mass is 9.85. The van der Waals surface area contributed by atoms with Crippen LogP contribution in [-0.4, -0.2) is 61.1 Å². The zero-order valence-corrected chi connectivity index (χ0v) is 40.8. The fourth-order valence-electron chi connectivity index (χ4n) is 6.50. The number of carbonyl (C=O) groups is 2. The largest absolute Gasteiger partial charge is 0.465 e. The van der Waals surface area contributed by atoms with Crippen LogP contribution in [0.4, 0.5) is 0 Å². The van der Waals surface area contributed by atoms with Crippen LogP contribution in [0.1, 0.15) is 126 Å². The van der Waals surface area contributed by atoms with E-state index in [4.69, 9.17) is 29.6 Å². The molecule has 10 heteroatoms. The Morgan fingerprint density at radius 1 is 0.759 bits per heavy atom. The minimum absolute atomic E-state index is 0.0435. The van der Waals surface area contributed by atoms with Crippen LogP contribution in [0, 0.1) is 11.8 Å². The molecule has 1 fully saturated rings. The summed E-state index contributed by atoms with van der Waals surface area (Å²) in [5, 5.41) is -0.147. The van der Waals surface area contributed by atoms with Crippen molar-refractivity contribution in [3.8, 4) is 0 Å². The average Bonchev–Trinajstić information content (AvgIpc) is 3.32. The highest BCUT2D eigenvalue weighted by atomic mass is 35.5. The maximum absolute atomic E-state index is 12.2. The molecule has 0 radical (unpaired) electrons. The molecule has 0 aliphatic heterocycles. The van der Waals surface area contributed by atoms with Gasteiger partial charge < -0.3 is 18.0 Å². The SMILES string of the molecule is CC(C)(C)[Si](C)(C)O[C@H](CCc1ccccc1)CC[C@@H]1[C@@H](C/C=C\CCCC(=O)OCCC(=O)Cl)[C@@H](O[Si](C)(C)C(C)(C)C)C[C@H]1O[Si](C)(C)C(C)(C)C. The molecule has 1 aromatic carbocycles. The molecule has 1 aromatic rings. The van der Waals surface area contributed by atoms with Crippen LogP contribution in [0.5, 0.6) is 0 Å². The number of carbonyl (C=O) groups excluding carboxylic acids is 2. The summed E-state index contributed by atoms with van der Waals surface area (Å²) in [7, 11) is -6.16. The number of halogens is 1. The van der Waals surface area contributed by atoms with Gasteiger partial charge in [0.15, 0.2) is 25.0 Å². The van der Waals surface area contributed by atoms with Crippen molar-refractivity contribution in [2.75, 3.05) is 6.61 Å². The van der Waals surface area contributed by atoms with Gasteiger partial charge in [-0.3, -0.25) is 9.59 Å². The second kappa shape index (κ2) is 20.6. The quantitative estimate of drug-likeness (QED) is 0.0404. The summed E-state index contributed by atoms with van der Waals surface area (Å²) in [4.78, 5) is 23.1. The van der Waals surface area contributed by atoms with Gasteiger partial charge >= 0.3 is 5.97 Å². The second-order valence-corrected chi connectivity index (χ2v) is 35.1. The first kappa shape index (κ1) is 49.1. The minimum atomic E-state index is -2.08. The van der Waals surface area contributed by atoms with E-state index in [1.165, 1.54) is 5.56 Å². The topological polar surface area (TPSA) is 71.1 Å². The molecular weight excluding hydrogens is 744 g/mol. The Morgan fingerprint density at radius 3 is 1.81 bits per heavy atom. The molecule has 1 aliphatic carbocycles. The van der Waals surface area contributed by atoms with Crippen molar-refractivity contribution in [2.24, 2.45) is 11.8 Å². The molecule has 0 unspecified atom stereocenters. The number of hydrogen-bond acceptors (Lipinski definition) is 6. The van der Waals surface area contributed by atoms with Gasteiger partial charge in [0.1, 0.15) is 0 Å². The molecule has 0 spiro atoms. The van der Waals surface area contributed by atoms with Crippen LogP contribution in [0.2, 0.25) is 54.4 Å². The Labute approximate surface area is 339 Å². The van der Waals surface area contributed by atoms with Gasteiger partial charge in [-0.25, -0.2) is 0 Å². The minimum Gasteiger partial charge on any atom is -0.465 e. The fourth-order valence-corrected chi connectivity index (χ4v) is 10.8. The monoisotopic (exact) mass is 822 g/mol. The third-order valence-corrected chi connectivity index (χ3v) is 26.8. The summed E-state index contributed by atoms with van der Waals surface area (Å²) >= 11 is 5.37. The van der Waals surface area contributed by atoms with Crippen molar-refractivity contribution in [1.29, 1.82) is 0 Å². The molecule has 5 atom stereocenters. The van der Waals surface area contributed by atoms with E-state index in [1.54, 1.807) is 0 Å². The van der Waals surface area contributed by atoms with Crippen molar-refractivity contribution < 1.29 is 27.6 Å². The third kappa shape index (κ3) is 15.7. The summed E-state index contributed by atoms with van der Waals surface area (Å²) in [6.45, 7) is 35.4. The number of allylic oxidation sites excluding steroid dienone is 2. The summed E-state index contributed by atoms with van der Waals surface area (Å²) in [5.74, 6) is 0.388. The van der Waals surface area contributed by atoms with Crippen molar-refractivity contribution in [3.05, 3.63) is 48.0 Å². The van der Waals surface area contributed by atoms with E-state index in [9.17, 15) is 9.59 Å². The van der Waals surface area contributed by atoms with Crippen LogP contribution in [0.3, 0.4) is 0 Å². The van der Waals surface area contributed by atoms with Gasteiger partial charge in [0, 0.05) is 12.5 Å². The lowest BCUT2D eigenvalue weighted by molar-refractivity contribution is -0.144. The molecule has 0 bridgehead atoms. The van der Waals surface area contributed by atoms with Crippen LogP contribution < -0.4 is 0 Å². The Hall–Kier alpha value is -1.08. The van der Waals surface area contributed by atoms with Crippen LogP contribution >= 0.6 is 11.6 Å². The number of unbranched alkanes of at least 4 members (excludes halogenated alkanes) is 1. The van der Waals surface area contributed by atoms with Crippen molar-refractivity contribution in [2.45, 2.75) is 199 Å². The maximum Gasteiger partial charge on any atom is 0.305 e. The Balaban J connectivity index is 2.42. The van der Waals surface area contributed by atoms with E-state index < -0.39 is 30.2 Å². The lowest BCUT2D eigenvalue weighted by Crippen LogP contribution is -2.45. The van der Waals surface area contributed by atoms with E-state index >= 15 is 0 Å². The van der Waals surface area contributed by atoms with E-state index in [2.05, 4.69) is 144 Å². The van der Waals surface area contributed by atoms with Crippen molar-refractivity contribution >= 4 is 47.8 Å². The summed E-state index contributed by atoms with van der Waals surface area (Å²) in [6.07, 6.45) is 12.8. The van der Waals surface area contributed by atoms with Gasteiger partial charge in [0.05, 0.1) is 25.2 Å². The average molecular weight is 824 g/mol. The zero-order valence-electron chi connectivity index (χ0n) is 37.0. The van der Waals surface area contributed by atoms with Gasteiger partial charge in [-0.05, 0) is 135 Å². The summed E-state index contributed by atoms with van der Waals surface area (Å²) in [6, 6.07) is 10.8. The molecule has 0 N–H and O–H groups in total.